The Labute approximate surface area is 215 Å². The van der Waals surface area contributed by atoms with Gasteiger partial charge < -0.3 is 25.4 Å². The summed E-state index contributed by atoms with van der Waals surface area (Å²) in [4.78, 5) is 36.8. The van der Waals surface area contributed by atoms with Crippen molar-refractivity contribution < 1.29 is 19.1 Å². The number of nitrogens with one attached hydrogen (secondary N) is 1. The third kappa shape index (κ3) is 5.22. The number of rotatable bonds is 5. The molecule has 0 saturated carbocycles. The van der Waals surface area contributed by atoms with Crippen LogP contribution in [0, 0.1) is 5.92 Å². The van der Waals surface area contributed by atoms with Gasteiger partial charge in [-0.3, -0.25) is 9.59 Å². The van der Waals surface area contributed by atoms with Gasteiger partial charge >= 0.3 is 11.8 Å². The molecule has 0 aliphatic carbocycles. The number of ether oxygens (including phenoxy) is 2. The average molecular weight is 508 g/mol. The molecule has 0 radical (unpaired) electrons. The first-order valence-corrected chi connectivity index (χ1v) is 12.9. The van der Waals surface area contributed by atoms with Crippen molar-refractivity contribution in [2.75, 3.05) is 30.8 Å². The molecule has 2 saturated heterocycles. The monoisotopic (exact) mass is 507 g/mol. The molecule has 2 amide bonds. The van der Waals surface area contributed by atoms with Crippen LogP contribution in [0.3, 0.4) is 0 Å². The number of nitrogens with zero attached hydrogens (tertiary/aromatic N) is 5. The molecule has 3 N–H and O–H groups in total. The van der Waals surface area contributed by atoms with Crippen LogP contribution in [-0.2, 0) is 14.3 Å². The van der Waals surface area contributed by atoms with Gasteiger partial charge in [0, 0.05) is 31.6 Å². The van der Waals surface area contributed by atoms with E-state index in [2.05, 4.69) is 27.3 Å². The van der Waals surface area contributed by atoms with Crippen molar-refractivity contribution in [3.63, 3.8) is 0 Å². The summed E-state index contributed by atoms with van der Waals surface area (Å²) >= 11 is 0. The fourth-order valence-electron chi connectivity index (χ4n) is 5.10. The predicted molar refractivity (Wildman–Crippen MR) is 138 cm³/mol. The molecule has 0 aromatic carbocycles. The summed E-state index contributed by atoms with van der Waals surface area (Å²) in [6, 6.07) is 3.47. The van der Waals surface area contributed by atoms with Crippen LogP contribution in [0.1, 0.15) is 63.8 Å². The number of fused-ring (bicyclic) bond motifs is 1. The highest BCUT2D eigenvalue weighted by molar-refractivity contribution is 6.40. The van der Waals surface area contributed by atoms with E-state index in [4.69, 9.17) is 15.2 Å². The maximum absolute atomic E-state index is 13.5. The van der Waals surface area contributed by atoms with Crippen molar-refractivity contribution in [3.05, 3.63) is 36.3 Å². The Kier molecular flexibility index (Phi) is 7.22. The summed E-state index contributed by atoms with van der Waals surface area (Å²) in [5.74, 6) is -0.268. The Bertz CT molecular complexity index is 1290. The number of carbonyl (C=O) groups is 2. The van der Waals surface area contributed by atoms with Gasteiger partial charge in [0.25, 0.3) is 0 Å². The van der Waals surface area contributed by atoms with Crippen LogP contribution < -0.4 is 15.8 Å². The SMILES string of the molecule is CCOc1cc([C@H]2CC[C@H](C)CN2C(=O)C(=O)Nc2cnc(N)c3cn(C4CCCCO4)nc23)ccn1. The first-order chi connectivity index (χ1) is 17.9. The second-order valence-electron chi connectivity index (χ2n) is 9.72. The number of hydrogen-bond acceptors (Lipinski definition) is 8. The summed E-state index contributed by atoms with van der Waals surface area (Å²) in [5, 5.41) is 7.98. The molecule has 2 aliphatic heterocycles. The minimum atomic E-state index is -0.741. The van der Waals surface area contributed by atoms with Crippen molar-refractivity contribution >= 4 is 34.2 Å². The molecule has 3 aromatic heterocycles. The summed E-state index contributed by atoms with van der Waals surface area (Å²) in [7, 11) is 0. The molecular formula is C26H33N7O4. The van der Waals surface area contributed by atoms with Gasteiger partial charge in [0.05, 0.1) is 29.9 Å². The lowest BCUT2D eigenvalue weighted by Gasteiger charge is -2.38. The number of piperidine rings is 1. The predicted octanol–water partition coefficient (Wildman–Crippen LogP) is 3.44. The van der Waals surface area contributed by atoms with Crippen LogP contribution in [0.15, 0.2) is 30.7 Å². The number of nitrogen functional groups attached to an aromatic ring is 1. The molecule has 3 atom stereocenters. The molecule has 3 aromatic rings. The summed E-state index contributed by atoms with van der Waals surface area (Å²) in [6.45, 7) is 5.62. The molecule has 1 unspecified atom stereocenters. The Balaban J connectivity index is 1.39. The van der Waals surface area contributed by atoms with E-state index in [1.54, 1.807) is 22.0 Å². The van der Waals surface area contributed by atoms with E-state index in [-0.39, 0.29) is 18.2 Å². The number of aromatic nitrogens is 4. The van der Waals surface area contributed by atoms with Gasteiger partial charge in [-0.2, -0.15) is 5.10 Å². The van der Waals surface area contributed by atoms with Gasteiger partial charge in [0.15, 0.2) is 0 Å². The molecule has 0 bridgehead atoms. The zero-order valence-corrected chi connectivity index (χ0v) is 21.2. The maximum atomic E-state index is 13.5. The van der Waals surface area contributed by atoms with E-state index in [9.17, 15) is 9.59 Å². The number of nitrogens with two attached hydrogens (primary N) is 1. The first kappa shape index (κ1) is 24.9. The molecule has 5 heterocycles. The van der Waals surface area contributed by atoms with E-state index < -0.39 is 11.8 Å². The van der Waals surface area contributed by atoms with Gasteiger partial charge in [0.2, 0.25) is 5.88 Å². The Morgan fingerprint density at radius 1 is 1.24 bits per heavy atom. The standard InChI is InChI=1S/C26H33N7O4/c1-3-36-21-12-17(9-10-28-21)20-8-7-16(2)14-32(20)26(35)25(34)30-19-13-29-24(27)18-15-33(31-23(18)19)22-6-4-5-11-37-22/h9-10,12-13,15-16,20,22H,3-8,11,14H2,1-2H3,(H2,27,29)(H,30,34)/t16-,20+,22?/m0/s1. The Morgan fingerprint density at radius 2 is 2.11 bits per heavy atom. The Hall–Kier alpha value is -3.73. The van der Waals surface area contributed by atoms with Crippen LogP contribution in [0.25, 0.3) is 10.9 Å². The van der Waals surface area contributed by atoms with E-state index in [1.165, 1.54) is 6.20 Å². The highest BCUT2D eigenvalue weighted by atomic mass is 16.5. The number of amides is 2. The topological polar surface area (TPSA) is 137 Å². The molecule has 5 rings (SSSR count). The summed E-state index contributed by atoms with van der Waals surface area (Å²) in [6.07, 6.45) is 9.31. The van der Waals surface area contributed by atoms with Crippen LogP contribution >= 0.6 is 0 Å². The van der Waals surface area contributed by atoms with Crippen LogP contribution in [0.2, 0.25) is 0 Å². The molecule has 11 nitrogen and oxygen atoms in total. The molecule has 37 heavy (non-hydrogen) atoms. The highest BCUT2D eigenvalue weighted by Crippen LogP contribution is 2.35. The van der Waals surface area contributed by atoms with Gasteiger partial charge in [-0.25, -0.2) is 14.6 Å². The minimum absolute atomic E-state index is 0.191. The van der Waals surface area contributed by atoms with Crippen molar-refractivity contribution in [3.8, 4) is 5.88 Å². The quantitative estimate of drug-likeness (QED) is 0.501. The molecule has 11 heteroatoms. The second-order valence-corrected chi connectivity index (χ2v) is 9.72. The fourth-order valence-corrected chi connectivity index (χ4v) is 5.10. The first-order valence-electron chi connectivity index (χ1n) is 12.9. The average Bonchev–Trinajstić information content (AvgIpc) is 3.37. The third-order valence-corrected chi connectivity index (χ3v) is 7.00. The lowest BCUT2D eigenvalue weighted by atomic mass is 9.90. The van der Waals surface area contributed by atoms with Crippen molar-refractivity contribution in [1.82, 2.24) is 24.6 Å². The van der Waals surface area contributed by atoms with Crippen LogP contribution in [0.4, 0.5) is 11.5 Å². The number of carbonyl (C=O) groups excluding carboxylic acids is 2. The largest absolute Gasteiger partial charge is 0.478 e. The van der Waals surface area contributed by atoms with Gasteiger partial charge in [-0.05, 0) is 56.6 Å². The lowest BCUT2D eigenvalue weighted by molar-refractivity contribution is -0.146. The summed E-state index contributed by atoms with van der Waals surface area (Å²) in [5.41, 5.74) is 7.80. The maximum Gasteiger partial charge on any atom is 0.314 e. The van der Waals surface area contributed by atoms with Gasteiger partial charge in [-0.1, -0.05) is 6.92 Å². The van der Waals surface area contributed by atoms with Gasteiger partial charge in [0.1, 0.15) is 17.6 Å². The third-order valence-electron chi connectivity index (χ3n) is 7.00. The minimum Gasteiger partial charge on any atom is -0.478 e. The smallest absolute Gasteiger partial charge is 0.314 e. The second kappa shape index (κ2) is 10.7. The molecular weight excluding hydrogens is 474 g/mol. The van der Waals surface area contributed by atoms with Crippen molar-refractivity contribution in [1.29, 1.82) is 0 Å². The van der Waals surface area contributed by atoms with Crippen molar-refractivity contribution in [2.45, 2.75) is 58.2 Å². The molecule has 0 spiro atoms. The van der Waals surface area contributed by atoms with E-state index in [0.717, 1.165) is 37.7 Å². The molecule has 2 fully saturated rings. The molecule has 2 aliphatic rings. The summed E-state index contributed by atoms with van der Waals surface area (Å²) < 4.78 is 13.1. The van der Waals surface area contributed by atoms with E-state index >= 15 is 0 Å². The number of pyridine rings is 2. The van der Waals surface area contributed by atoms with Crippen LogP contribution in [-0.4, -0.2) is 56.2 Å². The van der Waals surface area contributed by atoms with Crippen molar-refractivity contribution in [2.24, 2.45) is 5.92 Å². The van der Waals surface area contributed by atoms with Crippen LogP contribution in [0.5, 0.6) is 5.88 Å². The zero-order chi connectivity index (χ0) is 25.9. The van der Waals surface area contributed by atoms with Gasteiger partial charge in [-0.15, -0.1) is 0 Å². The number of anilines is 2. The fraction of sp³-hybridized carbons (Fsp3) is 0.500. The highest BCUT2D eigenvalue weighted by Gasteiger charge is 2.35. The number of hydrogen-bond donors (Lipinski definition) is 2. The lowest BCUT2D eigenvalue weighted by Crippen LogP contribution is -2.46. The zero-order valence-electron chi connectivity index (χ0n) is 21.2. The number of likely N-dealkylation sites (tertiary alicyclic amines) is 1. The van der Waals surface area contributed by atoms with E-state index in [0.29, 0.717) is 48.0 Å². The Morgan fingerprint density at radius 3 is 2.89 bits per heavy atom. The normalized spacial score (nSPS) is 22.1. The molecule has 196 valence electrons. The van der Waals surface area contributed by atoms with E-state index in [1.807, 2.05) is 19.1 Å².